The van der Waals surface area contributed by atoms with Crippen molar-refractivity contribution in [3.05, 3.63) is 114 Å². The van der Waals surface area contributed by atoms with E-state index in [0.717, 1.165) is 36.0 Å². The number of aliphatic hydroxyl groups excluding tert-OH is 1. The number of carboxylic acids is 1. The maximum Gasteiger partial charge on any atom is 0.339 e. The van der Waals surface area contributed by atoms with Crippen LogP contribution in [0.25, 0.3) is 11.1 Å². The molecule has 198 valence electrons. The van der Waals surface area contributed by atoms with Crippen LogP contribution in [0.3, 0.4) is 0 Å². The number of carboxylic acid groups (broad SMARTS) is 1. The smallest absolute Gasteiger partial charge is 0.339 e. The number of pyridine rings is 1. The second kappa shape index (κ2) is 13.4. The zero-order valence-electron chi connectivity index (χ0n) is 20.6. The van der Waals surface area contributed by atoms with Crippen LogP contribution in [0, 0.1) is 0 Å². The molecule has 5 rings (SSSR count). The van der Waals surface area contributed by atoms with Crippen LogP contribution in [0.1, 0.15) is 39.6 Å². The molecule has 8 heteroatoms. The van der Waals surface area contributed by atoms with Crippen molar-refractivity contribution in [2.45, 2.75) is 31.4 Å². The minimum Gasteiger partial charge on any atom is -0.478 e. The lowest BCUT2D eigenvalue weighted by atomic mass is 9.86. The van der Waals surface area contributed by atoms with Gasteiger partial charge in [0, 0.05) is 30.5 Å². The third-order valence-corrected chi connectivity index (χ3v) is 6.62. The summed E-state index contributed by atoms with van der Waals surface area (Å²) < 4.78 is 5.93. The van der Waals surface area contributed by atoms with E-state index in [9.17, 15) is 15.0 Å². The first-order chi connectivity index (χ1) is 17.6. The Morgan fingerprint density at radius 2 is 1.74 bits per heavy atom. The standard InChI is InChI=1S/C30H28N2O4.2ClH/c33-28(23-5-4-14-31-18-23)19-32-25-12-10-20-8-9-21(15-24(20)16-25)22-11-13-27(30(34)35)29(17-22)36-26-6-2-1-3-7-26;;/h1-9,11,13-15,17-18,25,28,32-33H,10,12,16,19H2,(H,34,35);2*1H/t25-,28-;;/m0../s1. The molecule has 0 amide bonds. The van der Waals surface area contributed by atoms with Crippen LogP contribution >= 0.6 is 24.8 Å². The first kappa shape index (κ1) is 29.1. The molecule has 4 aromatic rings. The number of nitrogens with one attached hydrogen (secondary N) is 1. The molecule has 1 aromatic heterocycles. The zero-order valence-corrected chi connectivity index (χ0v) is 22.3. The van der Waals surface area contributed by atoms with Gasteiger partial charge < -0.3 is 20.3 Å². The molecule has 0 fully saturated rings. The summed E-state index contributed by atoms with van der Waals surface area (Å²) in [5.74, 6) is -0.127. The molecular formula is C30H30Cl2N2O4. The van der Waals surface area contributed by atoms with Crippen molar-refractivity contribution in [1.29, 1.82) is 0 Å². The fourth-order valence-corrected chi connectivity index (χ4v) is 4.66. The van der Waals surface area contributed by atoms with E-state index >= 15 is 0 Å². The van der Waals surface area contributed by atoms with Crippen molar-refractivity contribution < 1.29 is 19.7 Å². The van der Waals surface area contributed by atoms with Gasteiger partial charge in [-0.25, -0.2) is 4.79 Å². The minimum absolute atomic E-state index is 0. The van der Waals surface area contributed by atoms with Gasteiger partial charge in [0.1, 0.15) is 17.1 Å². The van der Waals surface area contributed by atoms with E-state index < -0.39 is 12.1 Å². The summed E-state index contributed by atoms with van der Waals surface area (Å²) in [6.45, 7) is 0.474. The van der Waals surface area contributed by atoms with Crippen LogP contribution < -0.4 is 10.1 Å². The van der Waals surface area contributed by atoms with Gasteiger partial charge in [-0.05, 0) is 71.8 Å². The molecule has 0 saturated heterocycles. The summed E-state index contributed by atoms with van der Waals surface area (Å²) in [6, 6.07) is 24.8. The maximum absolute atomic E-state index is 11.8. The summed E-state index contributed by atoms with van der Waals surface area (Å²) in [5.41, 5.74) is 5.43. The van der Waals surface area contributed by atoms with Crippen molar-refractivity contribution in [1.82, 2.24) is 10.3 Å². The quantitative estimate of drug-likeness (QED) is 0.239. The number of carbonyl (C=O) groups is 1. The fourth-order valence-electron chi connectivity index (χ4n) is 4.66. The van der Waals surface area contributed by atoms with E-state index in [4.69, 9.17) is 4.74 Å². The molecule has 0 bridgehead atoms. The molecular weight excluding hydrogens is 523 g/mol. The third-order valence-electron chi connectivity index (χ3n) is 6.62. The predicted molar refractivity (Wildman–Crippen MR) is 153 cm³/mol. The van der Waals surface area contributed by atoms with Crippen LogP contribution in [0.5, 0.6) is 11.5 Å². The predicted octanol–water partition coefficient (Wildman–Crippen LogP) is 6.26. The Kier molecular flexibility index (Phi) is 10.3. The molecule has 0 saturated carbocycles. The fraction of sp³-hybridized carbons (Fsp3) is 0.200. The molecule has 0 aliphatic heterocycles. The van der Waals surface area contributed by atoms with E-state index in [2.05, 4.69) is 28.5 Å². The summed E-state index contributed by atoms with van der Waals surface area (Å²) in [4.78, 5) is 15.9. The lowest BCUT2D eigenvalue weighted by molar-refractivity contribution is 0.0694. The van der Waals surface area contributed by atoms with E-state index in [0.29, 0.717) is 18.0 Å². The van der Waals surface area contributed by atoms with Gasteiger partial charge in [0.2, 0.25) is 0 Å². The van der Waals surface area contributed by atoms with Gasteiger partial charge in [-0.1, -0.05) is 48.5 Å². The van der Waals surface area contributed by atoms with Crippen LogP contribution in [0.2, 0.25) is 0 Å². The normalized spacial score (nSPS) is 14.8. The Bertz CT molecular complexity index is 1350. The number of aryl methyl sites for hydroxylation is 1. The summed E-state index contributed by atoms with van der Waals surface area (Å²) in [6.07, 6.45) is 5.64. The molecule has 1 aliphatic carbocycles. The average molecular weight is 553 g/mol. The Morgan fingerprint density at radius 1 is 0.974 bits per heavy atom. The minimum atomic E-state index is -1.03. The number of benzene rings is 3. The first-order valence-corrected chi connectivity index (χ1v) is 12.1. The second-order valence-electron chi connectivity index (χ2n) is 9.06. The number of fused-ring (bicyclic) bond motifs is 1. The lowest BCUT2D eigenvalue weighted by Gasteiger charge is -2.27. The van der Waals surface area contributed by atoms with Crippen molar-refractivity contribution in [3.8, 4) is 22.6 Å². The number of hydrogen-bond donors (Lipinski definition) is 3. The van der Waals surface area contributed by atoms with Gasteiger partial charge in [-0.2, -0.15) is 0 Å². The summed E-state index contributed by atoms with van der Waals surface area (Å²) >= 11 is 0. The Labute approximate surface area is 234 Å². The highest BCUT2D eigenvalue weighted by Gasteiger charge is 2.21. The van der Waals surface area contributed by atoms with E-state index in [1.165, 1.54) is 11.1 Å². The highest BCUT2D eigenvalue weighted by Crippen LogP contribution is 2.33. The van der Waals surface area contributed by atoms with Gasteiger partial charge in [-0.3, -0.25) is 4.98 Å². The van der Waals surface area contributed by atoms with Crippen molar-refractivity contribution in [3.63, 3.8) is 0 Å². The number of rotatable bonds is 8. The first-order valence-electron chi connectivity index (χ1n) is 12.1. The molecule has 3 aromatic carbocycles. The molecule has 0 spiro atoms. The Balaban J connectivity index is 0.00000200. The summed E-state index contributed by atoms with van der Waals surface area (Å²) in [7, 11) is 0. The second-order valence-corrected chi connectivity index (χ2v) is 9.06. The van der Waals surface area contributed by atoms with Crippen LogP contribution in [-0.2, 0) is 12.8 Å². The van der Waals surface area contributed by atoms with Gasteiger partial charge in [0.25, 0.3) is 0 Å². The molecule has 1 heterocycles. The number of para-hydroxylation sites is 1. The number of ether oxygens (including phenoxy) is 1. The SMILES string of the molecule is Cl.Cl.O=C(O)c1ccc(-c2ccc3c(c2)C[C@@H](NC[C@H](O)c2cccnc2)CC3)cc1Oc1ccccc1. The highest BCUT2D eigenvalue weighted by molar-refractivity contribution is 5.92. The molecule has 0 radical (unpaired) electrons. The number of halogens is 2. The highest BCUT2D eigenvalue weighted by atomic mass is 35.5. The van der Waals surface area contributed by atoms with Gasteiger partial charge in [0.15, 0.2) is 0 Å². The van der Waals surface area contributed by atoms with Crippen molar-refractivity contribution >= 4 is 30.8 Å². The number of aromatic nitrogens is 1. The maximum atomic E-state index is 11.8. The number of nitrogens with zero attached hydrogens (tertiary/aromatic N) is 1. The molecule has 2 atom stereocenters. The summed E-state index contributed by atoms with van der Waals surface area (Å²) in [5, 5.41) is 23.6. The van der Waals surface area contributed by atoms with Crippen LogP contribution in [0.15, 0.2) is 91.3 Å². The topological polar surface area (TPSA) is 91.7 Å². The van der Waals surface area contributed by atoms with E-state index in [1.807, 2.05) is 36.4 Å². The van der Waals surface area contributed by atoms with E-state index in [1.54, 1.807) is 36.7 Å². The number of aromatic carboxylic acids is 1. The molecule has 1 aliphatic rings. The van der Waals surface area contributed by atoms with Crippen LogP contribution in [-0.4, -0.2) is 33.8 Å². The Hall–Kier alpha value is -3.42. The molecule has 6 nitrogen and oxygen atoms in total. The van der Waals surface area contributed by atoms with Crippen LogP contribution in [0.4, 0.5) is 0 Å². The molecule has 3 N–H and O–H groups in total. The number of hydrogen-bond acceptors (Lipinski definition) is 5. The van der Waals surface area contributed by atoms with Gasteiger partial charge in [0.05, 0.1) is 6.10 Å². The Morgan fingerprint density at radius 3 is 2.47 bits per heavy atom. The lowest BCUT2D eigenvalue weighted by Crippen LogP contribution is -2.37. The molecule has 0 unspecified atom stereocenters. The van der Waals surface area contributed by atoms with Crippen molar-refractivity contribution in [2.75, 3.05) is 6.54 Å². The average Bonchev–Trinajstić information content (AvgIpc) is 2.92. The van der Waals surface area contributed by atoms with Gasteiger partial charge in [-0.15, -0.1) is 24.8 Å². The number of aliphatic hydroxyl groups is 1. The van der Waals surface area contributed by atoms with E-state index in [-0.39, 0.29) is 36.4 Å². The van der Waals surface area contributed by atoms with Crippen molar-refractivity contribution in [2.24, 2.45) is 0 Å². The molecule has 38 heavy (non-hydrogen) atoms. The third kappa shape index (κ3) is 6.91. The monoisotopic (exact) mass is 552 g/mol. The van der Waals surface area contributed by atoms with Gasteiger partial charge >= 0.3 is 5.97 Å². The largest absolute Gasteiger partial charge is 0.478 e. The zero-order chi connectivity index (χ0) is 24.9.